The van der Waals surface area contributed by atoms with Gasteiger partial charge in [-0.25, -0.2) is 4.39 Å². The van der Waals surface area contributed by atoms with Crippen LogP contribution in [-0.4, -0.2) is 54.0 Å². The summed E-state index contributed by atoms with van der Waals surface area (Å²) in [6, 6.07) is 21.2. The first-order valence-electron chi connectivity index (χ1n) is 13.2. The van der Waals surface area contributed by atoms with E-state index in [1.54, 1.807) is 54.9 Å². The van der Waals surface area contributed by atoms with Crippen LogP contribution < -0.4 is 15.1 Å². The van der Waals surface area contributed by atoms with Crippen molar-refractivity contribution in [3.63, 3.8) is 0 Å². The molecule has 1 unspecified atom stereocenters. The van der Waals surface area contributed by atoms with Crippen molar-refractivity contribution in [2.45, 2.75) is 12.6 Å². The van der Waals surface area contributed by atoms with Crippen molar-refractivity contribution in [2.75, 3.05) is 35.8 Å². The van der Waals surface area contributed by atoms with Crippen LogP contribution in [0.1, 0.15) is 27.5 Å². The summed E-state index contributed by atoms with van der Waals surface area (Å²) < 4.78 is 13.9. The van der Waals surface area contributed by atoms with Gasteiger partial charge in [0, 0.05) is 44.4 Å². The van der Waals surface area contributed by atoms with E-state index in [1.165, 1.54) is 35.2 Å². The lowest BCUT2D eigenvalue weighted by atomic mass is 10.0. The maximum Gasteiger partial charge on any atom is 0.299 e. The molecule has 0 spiro atoms. The first kappa shape index (κ1) is 28.2. The summed E-state index contributed by atoms with van der Waals surface area (Å²) in [7, 11) is 3.80. The second-order valence-corrected chi connectivity index (χ2v) is 10.0. The number of amides is 3. The van der Waals surface area contributed by atoms with Crippen molar-refractivity contribution in [1.82, 2.24) is 9.88 Å². The minimum absolute atomic E-state index is 0.0423. The van der Waals surface area contributed by atoms with Crippen LogP contribution in [0.4, 0.5) is 21.5 Å². The Morgan fingerprint density at radius 1 is 0.929 bits per heavy atom. The molecule has 1 aromatic heterocycles. The molecule has 2 heterocycles. The smallest absolute Gasteiger partial charge is 0.299 e. The zero-order chi connectivity index (χ0) is 29.8. The number of carbonyl (C=O) groups excluding carboxylic acids is 4. The molecule has 0 saturated heterocycles. The third-order valence-corrected chi connectivity index (χ3v) is 6.97. The van der Waals surface area contributed by atoms with E-state index in [1.807, 2.05) is 31.1 Å². The molecule has 0 aliphatic carbocycles. The van der Waals surface area contributed by atoms with Crippen LogP contribution in [0.5, 0.6) is 0 Å². The second-order valence-electron chi connectivity index (χ2n) is 10.0. The fourth-order valence-electron chi connectivity index (χ4n) is 4.81. The van der Waals surface area contributed by atoms with E-state index < -0.39 is 41.9 Å². The van der Waals surface area contributed by atoms with E-state index in [9.17, 15) is 23.6 Å². The predicted octanol–water partition coefficient (Wildman–Crippen LogP) is 4.22. The van der Waals surface area contributed by atoms with Gasteiger partial charge in [0.15, 0.2) is 0 Å². The van der Waals surface area contributed by atoms with Gasteiger partial charge in [0.1, 0.15) is 18.4 Å². The van der Waals surface area contributed by atoms with E-state index in [0.717, 1.165) is 10.6 Å². The SMILES string of the molecule is CN(C)c1ccc(NC(=O)C(c2ccc(F)cc2)N(Cc2cccnc2)C(=O)CN2C(=O)C(=O)c3ccccc32)cc1. The van der Waals surface area contributed by atoms with E-state index in [-0.39, 0.29) is 12.1 Å². The quantitative estimate of drug-likeness (QED) is 0.305. The van der Waals surface area contributed by atoms with Crippen LogP contribution >= 0.6 is 0 Å². The summed E-state index contributed by atoms with van der Waals surface area (Å²) in [6.45, 7) is -0.524. The van der Waals surface area contributed by atoms with Crippen LogP contribution in [0.15, 0.2) is 97.3 Å². The van der Waals surface area contributed by atoms with E-state index in [4.69, 9.17) is 0 Å². The summed E-state index contributed by atoms with van der Waals surface area (Å²) in [5.41, 5.74) is 2.96. The van der Waals surface area contributed by atoms with Gasteiger partial charge in [0.05, 0.1) is 11.3 Å². The average Bonchev–Trinajstić information content (AvgIpc) is 3.23. The first-order valence-corrected chi connectivity index (χ1v) is 13.2. The lowest BCUT2D eigenvalue weighted by molar-refractivity contribution is -0.139. The van der Waals surface area contributed by atoms with Gasteiger partial charge in [-0.2, -0.15) is 0 Å². The third-order valence-electron chi connectivity index (χ3n) is 6.97. The first-order chi connectivity index (χ1) is 20.2. The van der Waals surface area contributed by atoms with Gasteiger partial charge in [-0.1, -0.05) is 30.3 Å². The molecule has 4 aromatic rings. The maximum atomic E-state index is 14.1. The highest BCUT2D eigenvalue weighted by Crippen LogP contribution is 2.31. The molecule has 1 N–H and O–H groups in total. The van der Waals surface area contributed by atoms with Gasteiger partial charge >= 0.3 is 0 Å². The van der Waals surface area contributed by atoms with Gasteiger partial charge < -0.3 is 15.1 Å². The van der Waals surface area contributed by atoms with Gasteiger partial charge in [-0.3, -0.25) is 29.1 Å². The normalized spacial score (nSPS) is 13.0. The molecule has 9 nitrogen and oxygen atoms in total. The predicted molar refractivity (Wildman–Crippen MR) is 156 cm³/mol. The lowest BCUT2D eigenvalue weighted by Gasteiger charge is -2.33. The van der Waals surface area contributed by atoms with E-state index >= 15 is 0 Å². The number of halogens is 1. The highest BCUT2D eigenvalue weighted by molar-refractivity contribution is 6.52. The van der Waals surface area contributed by atoms with Crippen molar-refractivity contribution in [3.8, 4) is 0 Å². The van der Waals surface area contributed by atoms with E-state index in [2.05, 4.69) is 10.3 Å². The molecule has 3 aromatic carbocycles. The van der Waals surface area contributed by atoms with Crippen LogP contribution in [0.2, 0.25) is 0 Å². The number of hydrogen-bond acceptors (Lipinski definition) is 6. The highest BCUT2D eigenvalue weighted by Gasteiger charge is 2.39. The molecule has 0 bridgehead atoms. The van der Waals surface area contributed by atoms with Crippen molar-refractivity contribution >= 4 is 40.6 Å². The Morgan fingerprint density at radius 2 is 1.64 bits per heavy atom. The molecular formula is C32H28FN5O4. The Balaban J connectivity index is 1.52. The standard InChI is InChI=1S/C32H28FN5O4/c1-36(2)25-15-13-24(14-16-25)35-31(41)29(22-9-11-23(33)12-10-22)38(19-21-6-5-17-34-18-21)28(39)20-37-27-8-4-3-7-26(27)30(40)32(37)42/h3-18,29H,19-20H2,1-2H3,(H,35,41). The topological polar surface area (TPSA) is 103 Å². The zero-order valence-corrected chi connectivity index (χ0v) is 23.0. The number of aromatic nitrogens is 1. The summed E-state index contributed by atoms with van der Waals surface area (Å²) in [5, 5.41) is 2.87. The molecular weight excluding hydrogens is 537 g/mol. The fourth-order valence-corrected chi connectivity index (χ4v) is 4.81. The summed E-state index contributed by atoms with van der Waals surface area (Å²) in [6.07, 6.45) is 3.16. The van der Waals surface area contributed by atoms with Crippen LogP contribution in [0.3, 0.4) is 0 Å². The molecule has 10 heteroatoms. The number of benzene rings is 3. The average molecular weight is 566 g/mol. The summed E-state index contributed by atoms with van der Waals surface area (Å²) >= 11 is 0. The number of nitrogens with zero attached hydrogens (tertiary/aromatic N) is 4. The molecule has 1 aliphatic rings. The number of nitrogens with one attached hydrogen (secondary N) is 1. The molecule has 0 radical (unpaired) electrons. The Hall–Kier alpha value is -5.38. The zero-order valence-electron chi connectivity index (χ0n) is 23.0. The largest absolute Gasteiger partial charge is 0.378 e. The minimum Gasteiger partial charge on any atom is -0.378 e. The van der Waals surface area contributed by atoms with Crippen LogP contribution in [-0.2, 0) is 20.9 Å². The van der Waals surface area contributed by atoms with Gasteiger partial charge in [0.25, 0.3) is 17.6 Å². The number of Topliss-reactive ketones (excluding diaryl/α,β-unsaturated/α-hetero) is 1. The third kappa shape index (κ3) is 5.87. The van der Waals surface area contributed by atoms with Gasteiger partial charge in [-0.15, -0.1) is 0 Å². The number of carbonyl (C=O) groups is 4. The molecule has 1 atom stereocenters. The van der Waals surface area contributed by atoms with Crippen molar-refractivity contribution in [3.05, 3.63) is 120 Å². The molecule has 1 aliphatic heterocycles. The summed E-state index contributed by atoms with van der Waals surface area (Å²) in [5.74, 6) is -3.16. The Bertz CT molecular complexity index is 1630. The van der Waals surface area contributed by atoms with Crippen molar-refractivity contribution in [1.29, 1.82) is 0 Å². The fraction of sp³-hybridized carbons (Fsp3) is 0.156. The Kier molecular flexibility index (Phi) is 8.05. The molecule has 0 fully saturated rings. The molecule has 42 heavy (non-hydrogen) atoms. The van der Waals surface area contributed by atoms with Crippen LogP contribution in [0.25, 0.3) is 0 Å². The lowest BCUT2D eigenvalue weighted by Crippen LogP contribution is -2.46. The number of anilines is 3. The number of ketones is 1. The highest BCUT2D eigenvalue weighted by atomic mass is 19.1. The number of fused-ring (bicyclic) bond motifs is 1. The Labute approximate surface area is 242 Å². The second kappa shape index (κ2) is 12.0. The van der Waals surface area contributed by atoms with E-state index in [0.29, 0.717) is 22.5 Å². The minimum atomic E-state index is -1.21. The monoisotopic (exact) mass is 565 g/mol. The van der Waals surface area contributed by atoms with Gasteiger partial charge in [-0.05, 0) is 65.7 Å². The molecule has 5 rings (SSSR count). The number of rotatable bonds is 9. The van der Waals surface area contributed by atoms with Gasteiger partial charge in [0.2, 0.25) is 5.91 Å². The number of para-hydroxylation sites is 1. The number of pyridine rings is 1. The maximum absolute atomic E-state index is 14.1. The molecule has 212 valence electrons. The molecule has 3 amide bonds. The molecule has 0 saturated carbocycles. The van der Waals surface area contributed by atoms with Crippen molar-refractivity contribution in [2.24, 2.45) is 0 Å². The van der Waals surface area contributed by atoms with Crippen LogP contribution in [0, 0.1) is 5.82 Å². The summed E-state index contributed by atoms with van der Waals surface area (Å²) in [4.78, 5) is 62.0. The van der Waals surface area contributed by atoms with Crippen molar-refractivity contribution < 1.29 is 23.6 Å². The Morgan fingerprint density at radius 3 is 2.31 bits per heavy atom. The number of hydrogen-bond donors (Lipinski definition) is 1.